The van der Waals surface area contributed by atoms with Crippen LogP contribution in [0, 0.1) is 22.7 Å². The topological polar surface area (TPSA) is 61.2 Å². The van der Waals surface area contributed by atoms with Gasteiger partial charge >= 0.3 is 0 Å². The molecule has 2 atom stereocenters. The van der Waals surface area contributed by atoms with Crippen molar-refractivity contribution in [3.05, 3.63) is 22.4 Å². The predicted octanol–water partition coefficient (Wildman–Crippen LogP) is 2.65. The molecule has 1 aliphatic heterocycles. The lowest BCUT2D eigenvalue weighted by molar-refractivity contribution is -0.131. The Kier molecular flexibility index (Phi) is 4.48. The summed E-state index contributed by atoms with van der Waals surface area (Å²) in [6, 6.07) is 5.28. The Morgan fingerprint density at radius 2 is 2.10 bits per heavy atom. The number of thiophene rings is 1. The fourth-order valence-electron chi connectivity index (χ4n) is 2.46. The number of amides is 1. The molecule has 0 bridgehead atoms. The molecule has 4 nitrogen and oxygen atoms in total. The van der Waals surface area contributed by atoms with Gasteiger partial charge in [0.1, 0.15) is 0 Å². The second-order valence-electron chi connectivity index (χ2n) is 6.61. The molecular formula is C16H20N2O2S. The molecule has 1 fully saturated rings. The van der Waals surface area contributed by atoms with Crippen LogP contribution in [0.4, 0.5) is 0 Å². The lowest BCUT2D eigenvalue weighted by Gasteiger charge is -2.27. The zero-order valence-electron chi connectivity index (χ0n) is 12.6. The first kappa shape index (κ1) is 15.7. The molecule has 0 aromatic carbocycles. The van der Waals surface area contributed by atoms with E-state index in [1.165, 1.54) is 0 Å². The first-order chi connectivity index (χ1) is 9.83. The van der Waals surface area contributed by atoms with Gasteiger partial charge in [-0.25, -0.2) is 0 Å². The van der Waals surface area contributed by atoms with E-state index in [1.54, 1.807) is 16.2 Å². The minimum Gasteiger partial charge on any atom is -0.331 e. The zero-order valence-corrected chi connectivity index (χ0v) is 13.4. The van der Waals surface area contributed by atoms with Crippen LogP contribution in [0.2, 0.25) is 0 Å². The van der Waals surface area contributed by atoms with Crippen LogP contribution in [0.3, 0.4) is 0 Å². The summed E-state index contributed by atoms with van der Waals surface area (Å²) in [5.41, 5.74) is 0.0849. The number of nitrogens with zero attached hydrogens (tertiary/aromatic N) is 2. The SMILES string of the molecule is CC(C)(C)CCN1C(=O)C(C#N)C(=O)C1Cc1cccs1. The van der Waals surface area contributed by atoms with Crippen molar-refractivity contribution in [1.82, 2.24) is 4.90 Å². The number of likely N-dealkylation sites (tertiary alicyclic amines) is 1. The molecule has 1 amide bonds. The van der Waals surface area contributed by atoms with E-state index in [2.05, 4.69) is 20.8 Å². The largest absolute Gasteiger partial charge is 0.331 e. The molecule has 2 unspecified atom stereocenters. The summed E-state index contributed by atoms with van der Waals surface area (Å²) in [5, 5.41) is 11.0. The minimum absolute atomic E-state index is 0.0849. The van der Waals surface area contributed by atoms with Crippen molar-refractivity contribution >= 4 is 23.0 Å². The van der Waals surface area contributed by atoms with E-state index in [1.807, 2.05) is 23.6 Å². The summed E-state index contributed by atoms with van der Waals surface area (Å²) in [6.45, 7) is 6.84. The van der Waals surface area contributed by atoms with Crippen LogP contribution in [0.25, 0.3) is 0 Å². The van der Waals surface area contributed by atoms with Crippen molar-refractivity contribution in [2.75, 3.05) is 6.54 Å². The van der Waals surface area contributed by atoms with E-state index in [9.17, 15) is 9.59 Å². The number of hydrogen-bond acceptors (Lipinski definition) is 4. The van der Waals surface area contributed by atoms with Crippen LogP contribution in [0.1, 0.15) is 32.1 Å². The van der Waals surface area contributed by atoms with E-state index in [-0.39, 0.29) is 17.1 Å². The van der Waals surface area contributed by atoms with Crippen molar-refractivity contribution < 1.29 is 9.59 Å². The van der Waals surface area contributed by atoms with Crippen molar-refractivity contribution in [1.29, 1.82) is 5.26 Å². The first-order valence-electron chi connectivity index (χ1n) is 7.10. The molecule has 5 heteroatoms. The fraction of sp³-hybridized carbons (Fsp3) is 0.562. The fourth-order valence-corrected chi connectivity index (χ4v) is 3.20. The van der Waals surface area contributed by atoms with Crippen LogP contribution in [-0.4, -0.2) is 29.2 Å². The third kappa shape index (κ3) is 3.51. The van der Waals surface area contributed by atoms with Gasteiger partial charge in [-0.05, 0) is 23.3 Å². The van der Waals surface area contributed by atoms with Crippen molar-refractivity contribution in [2.24, 2.45) is 11.3 Å². The Morgan fingerprint density at radius 3 is 2.62 bits per heavy atom. The Hall–Kier alpha value is -1.67. The van der Waals surface area contributed by atoms with Crippen LogP contribution in [0.5, 0.6) is 0 Å². The van der Waals surface area contributed by atoms with Gasteiger partial charge in [-0.2, -0.15) is 5.26 Å². The van der Waals surface area contributed by atoms with Gasteiger partial charge in [-0.3, -0.25) is 9.59 Å². The van der Waals surface area contributed by atoms with Gasteiger partial charge < -0.3 is 4.90 Å². The van der Waals surface area contributed by atoms with Gasteiger partial charge in [0.15, 0.2) is 11.7 Å². The van der Waals surface area contributed by atoms with Crippen molar-refractivity contribution in [3.63, 3.8) is 0 Å². The smallest absolute Gasteiger partial charge is 0.248 e. The third-order valence-corrected chi connectivity index (χ3v) is 4.62. The summed E-state index contributed by atoms with van der Waals surface area (Å²) in [5.74, 6) is -1.69. The lowest BCUT2D eigenvalue weighted by atomic mass is 9.92. The number of nitriles is 1. The van der Waals surface area contributed by atoms with Crippen LogP contribution in [0.15, 0.2) is 17.5 Å². The zero-order chi connectivity index (χ0) is 15.6. The number of rotatable bonds is 4. The molecule has 0 N–H and O–H groups in total. The Morgan fingerprint density at radius 1 is 1.38 bits per heavy atom. The Bertz CT molecular complexity index is 566. The standard InChI is InChI=1S/C16H20N2O2S/c1-16(2,3)6-7-18-13(9-11-5-4-8-21-11)14(19)12(10-17)15(18)20/h4-5,8,12-13H,6-7,9H2,1-3H3. The van der Waals surface area contributed by atoms with E-state index in [4.69, 9.17) is 5.26 Å². The summed E-state index contributed by atoms with van der Waals surface area (Å²) < 4.78 is 0. The molecule has 0 spiro atoms. The molecule has 1 saturated heterocycles. The lowest BCUT2D eigenvalue weighted by Crippen LogP contribution is -2.38. The maximum atomic E-state index is 12.3. The average Bonchev–Trinajstić information content (AvgIpc) is 2.96. The van der Waals surface area contributed by atoms with Gasteiger partial charge in [0.05, 0.1) is 12.1 Å². The highest BCUT2D eigenvalue weighted by atomic mass is 32.1. The monoisotopic (exact) mass is 304 g/mol. The molecule has 112 valence electrons. The molecule has 0 saturated carbocycles. The molecule has 0 radical (unpaired) electrons. The van der Waals surface area contributed by atoms with Crippen molar-refractivity contribution in [3.8, 4) is 6.07 Å². The quantitative estimate of drug-likeness (QED) is 0.803. The van der Waals surface area contributed by atoms with E-state index >= 15 is 0 Å². The number of ketones is 1. The summed E-state index contributed by atoms with van der Waals surface area (Å²) in [7, 11) is 0. The number of carbonyl (C=O) groups excluding carboxylic acids is 2. The van der Waals surface area contributed by atoms with Crippen LogP contribution >= 0.6 is 11.3 Å². The molecule has 1 aliphatic rings. The maximum absolute atomic E-state index is 12.3. The molecule has 0 aliphatic carbocycles. The molecule has 21 heavy (non-hydrogen) atoms. The number of carbonyl (C=O) groups is 2. The molecule has 2 heterocycles. The molecular weight excluding hydrogens is 284 g/mol. The molecule has 2 rings (SSSR count). The first-order valence-corrected chi connectivity index (χ1v) is 7.97. The molecule has 1 aromatic heterocycles. The number of Topliss-reactive ketones (excluding diaryl/α,β-unsaturated/α-hetero) is 1. The van der Waals surface area contributed by atoms with Gasteiger partial charge in [0, 0.05) is 17.8 Å². The number of hydrogen-bond donors (Lipinski definition) is 0. The summed E-state index contributed by atoms with van der Waals surface area (Å²) in [6.07, 6.45) is 1.33. The van der Waals surface area contributed by atoms with E-state index < -0.39 is 12.0 Å². The van der Waals surface area contributed by atoms with Crippen LogP contribution in [-0.2, 0) is 16.0 Å². The second kappa shape index (κ2) is 5.98. The average molecular weight is 304 g/mol. The van der Waals surface area contributed by atoms with Gasteiger partial charge in [0.2, 0.25) is 5.91 Å². The van der Waals surface area contributed by atoms with Gasteiger partial charge in [-0.1, -0.05) is 26.8 Å². The Labute approximate surface area is 129 Å². The highest BCUT2D eigenvalue weighted by Crippen LogP contribution is 2.28. The highest BCUT2D eigenvalue weighted by Gasteiger charge is 2.47. The molecule has 1 aromatic rings. The highest BCUT2D eigenvalue weighted by molar-refractivity contribution is 7.09. The van der Waals surface area contributed by atoms with Crippen LogP contribution < -0.4 is 0 Å². The second-order valence-corrected chi connectivity index (χ2v) is 7.64. The minimum atomic E-state index is -1.12. The summed E-state index contributed by atoms with van der Waals surface area (Å²) in [4.78, 5) is 27.3. The summed E-state index contributed by atoms with van der Waals surface area (Å²) >= 11 is 1.57. The van der Waals surface area contributed by atoms with E-state index in [0.717, 1.165) is 11.3 Å². The van der Waals surface area contributed by atoms with Gasteiger partial charge in [-0.15, -0.1) is 11.3 Å². The normalized spacial score (nSPS) is 22.7. The predicted molar refractivity (Wildman–Crippen MR) is 81.7 cm³/mol. The van der Waals surface area contributed by atoms with E-state index in [0.29, 0.717) is 13.0 Å². The Balaban J connectivity index is 2.18. The van der Waals surface area contributed by atoms with Crippen molar-refractivity contribution in [2.45, 2.75) is 39.7 Å². The third-order valence-electron chi connectivity index (χ3n) is 3.73. The maximum Gasteiger partial charge on any atom is 0.248 e. The van der Waals surface area contributed by atoms with Gasteiger partial charge in [0.25, 0.3) is 0 Å².